The summed E-state index contributed by atoms with van der Waals surface area (Å²) in [6, 6.07) is 8.84. The standard InChI is InChI=1S/C26H24ClN5O4/c1-12-10-17(14(3)28-19-6-7-20(27)29-21(19)25-30-26(34)36-31-25)24-18(11-12)22(33)13(2)23(35-24)16-8-9-32(5)15(16)4/h6-11,14,28H,1-5H3,(H,30,31,34)/t14-/m1/s1. The molecule has 4 heterocycles. The number of aromatic nitrogens is 4. The summed E-state index contributed by atoms with van der Waals surface area (Å²) < 4.78 is 13.1. The van der Waals surface area contributed by atoms with E-state index in [1.807, 2.05) is 56.8 Å². The quantitative estimate of drug-likeness (QED) is 0.311. The van der Waals surface area contributed by atoms with Gasteiger partial charge in [0.1, 0.15) is 22.2 Å². The van der Waals surface area contributed by atoms with E-state index in [2.05, 4.69) is 25.0 Å². The van der Waals surface area contributed by atoms with Crippen molar-refractivity contribution >= 4 is 28.3 Å². The number of anilines is 1. The molecular formula is C26H24ClN5O4. The molecule has 1 atom stereocenters. The molecule has 184 valence electrons. The van der Waals surface area contributed by atoms with E-state index in [0.717, 1.165) is 22.4 Å². The molecule has 2 N–H and O–H groups in total. The first-order chi connectivity index (χ1) is 17.1. The van der Waals surface area contributed by atoms with Crippen LogP contribution in [0.1, 0.15) is 35.3 Å². The van der Waals surface area contributed by atoms with Crippen LogP contribution >= 0.6 is 11.6 Å². The van der Waals surface area contributed by atoms with Crippen molar-refractivity contribution in [3.63, 3.8) is 0 Å². The number of fused-ring (bicyclic) bond motifs is 1. The van der Waals surface area contributed by atoms with Crippen LogP contribution in [-0.2, 0) is 7.05 Å². The van der Waals surface area contributed by atoms with Crippen LogP contribution < -0.4 is 16.5 Å². The second kappa shape index (κ2) is 8.83. The van der Waals surface area contributed by atoms with Gasteiger partial charge in [-0.15, -0.1) is 0 Å². The smallest absolute Gasteiger partial charge is 0.439 e. The van der Waals surface area contributed by atoms with Crippen molar-refractivity contribution in [2.24, 2.45) is 7.05 Å². The minimum absolute atomic E-state index is 0.0688. The molecule has 0 fully saturated rings. The van der Waals surface area contributed by atoms with Gasteiger partial charge in [0.25, 0.3) is 0 Å². The number of aromatic amines is 1. The van der Waals surface area contributed by atoms with Crippen molar-refractivity contribution < 1.29 is 8.94 Å². The van der Waals surface area contributed by atoms with Crippen molar-refractivity contribution in [2.75, 3.05) is 5.32 Å². The Balaban J connectivity index is 1.66. The number of aryl methyl sites for hydroxylation is 2. The Morgan fingerprint density at radius 1 is 1.14 bits per heavy atom. The van der Waals surface area contributed by atoms with E-state index >= 15 is 0 Å². The summed E-state index contributed by atoms with van der Waals surface area (Å²) in [4.78, 5) is 31.8. The maximum Gasteiger partial charge on any atom is 0.439 e. The lowest BCUT2D eigenvalue weighted by Gasteiger charge is -2.20. The molecule has 0 aliphatic carbocycles. The molecule has 5 aromatic rings. The van der Waals surface area contributed by atoms with E-state index < -0.39 is 5.76 Å². The first-order valence-electron chi connectivity index (χ1n) is 11.3. The number of hydrogen-bond donors (Lipinski definition) is 2. The van der Waals surface area contributed by atoms with Crippen molar-refractivity contribution in [1.29, 1.82) is 0 Å². The zero-order chi connectivity index (χ0) is 25.7. The van der Waals surface area contributed by atoms with Crippen LogP contribution in [0.3, 0.4) is 0 Å². The summed E-state index contributed by atoms with van der Waals surface area (Å²) in [7, 11) is 1.95. The number of H-pyrrole nitrogens is 1. The molecule has 0 radical (unpaired) electrons. The topological polar surface area (TPSA) is 119 Å². The van der Waals surface area contributed by atoms with E-state index in [-0.39, 0.29) is 22.4 Å². The zero-order valence-electron chi connectivity index (χ0n) is 20.4. The van der Waals surface area contributed by atoms with Crippen LogP contribution in [0.2, 0.25) is 5.15 Å². The predicted octanol–water partition coefficient (Wildman–Crippen LogP) is 5.29. The van der Waals surface area contributed by atoms with Gasteiger partial charge in [-0.05, 0) is 57.5 Å². The molecule has 0 unspecified atom stereocenters. The van der Waals surface area contributed by atoms with Gasteiger partial charge in [0.15, 0.2) is 5.43 Å². The Kier molecular flexibility index (Phi) is 5.80. The highest BCUT2D eigenvalue weighted by Crippen LogP contribution is 2.34. The number of pyridine rings is 1. The molecule has 5 rings (SSSR count). The summed E-state index contributed by atoms with van der Waals surface area (Å²) >= 11 is 6.11. The van der Waals surface area contributed by atoms with Crippen LogP contribution in [0.15, 0.2) is 55.1 Å². The minimum atomic E-state index is -0.698. The third-order valence-electron chi connectivity index (χ3n) is 6.38. The number of nitrogens with zero attached hydrogens (tertiary/aromatic N) is 3. The van der Waals surface area contributed by atoms with Crippen molar-refractivity contribution in [1.82, 2.24) is 19.7 Å². The Bertz CT molecular complexity index is 1740. The molecule has 0 spiro atoms. The van der Waals surface area contributed by atoms with Crippen molar-refractivity contribution in [3.8, 4) is 22.8 Å². The number of rotatable bonds is 5. The lowest BCUT2D eigenvalue weighted by Crippen LogP contribution is -2.13. The van der Waals surface area contributed by atoms with Gasteiger partial charge in [-0.2, -0.15) is 0 Å². The normalized spacial score (nSPS) is 12.3. The van der Waals surface area contributed by atoms with Gasteiger partial charge in [0, 0.05) is 35.6 Å². The Labute approximate surface area is 210 Å². The number of nitrogens with one attached hydrogen (secondary N) is 2. The van der Waals surface area contributed by atoms with Crippen LogP contribution in [0.25, 0.3) is 33.8 Å². The van der Waals surface area contributed by atoms with Gasteiger partial charge in [-0.25, -0.2) is 9.78 Å². The maximum atomic E-state index is 13.4. The number of hydrogen-bond acceptors (Lipinski definition) is 7. The van der Waals surface area contributed by atoms with Gasteiger partial charge in [0.2, 0.25) is 5.82 Å². The molecule has 10 heteroatoms. The third-order valence-corrected chi connectivity index (χ3v) is 6.60. The van der Waals surface area contributed by atoms with Crippen LogP contribution in [-0.4, -0.2) is 19.7 Å². The van der Waals surface area contributed by atoms with Gasteiger partial charge in [-0.3, -0.25) is 14.3 Å². The fraction of sp³-hybridized carbons (Fsp3) is 0.231. The van der Waals surface area contributed by atoms with Crippen LogP contribution in [0.5, 0.6) is 0 Å². The largest absolute Gasteiger partial charge is 0.455 e. The molecule has 0 aliphatic rings. The maximum absolute atomic E-state index is 13.4. The van der Waals surface area contributed by atoms with E-state index in [1.165, 1.54) is 0 Å². The second-order valence-electron chi connectivity index (χ2n) is 8.88. The lowest BCUT2D eigenvalue weighted by molar-refractivity contribution is 0.388. The van der Waals surface area contributed by atoms with Gasteiger partial charge >= 0.3 is 5.76 Å². The molecule has 0 saturated heterocycles. The monoisotopic (exact) mass is 505 g/mol. The SMILES string of the molecule is Cc1cc([C@@H](C)Nc2ccc(Cl)nc2-c2noc(=O)[nH]2)c2oc(-c3ccn(C)c3C)c(C)c(=O)c2c1. The molecule has 9 nitrogen and oxygen atoms in total. The molecule has 0 saturated carbocycles. The van der Waals surface area contributed by atoms with E-state index in [9.17, 15) is 9.59 Å². The van der Waals surface area contributed by atoms with E-state index in [1.54, 1.807) is 19.1 Å². The van der Waals surface area contributed by atoms with Crippen LogP contribution in [0.4, 0.5) is 5.69 Å². The fourth-order valence-electron chi connectivity index (χ4n) is 4.37. The molecular weight excluding hydrogens is 482 g/mol. The van der Waals surface area contributed by atoms with Gasteiger partial charge in [-0.1, -0.05) is 22.8 Å². The highest BCUT2D eigenvalue weighted by atomic mass is 35.5. The van der Waals surface area contributed by atoms with Gasteiger partial charge in [0.05, 0.1) is 17.1 Å². The molecule has 36 heavy (non-hydrogen) atoms. The molecule has 0 bridgehead atoms. The minimum Gasteiger partial charge on any atom is -0.455 e. The van der Waals surface area contributed by atoms with Gasteiger partial charge < -0.3 is 14.3 Å². The fourth-order valence-corrected chi connectivity index (χ4v) is 4.52. The number of benzene rings is 1. The van der Waals surface area contributed by atoms with Crippen LogP contribution in [0, 0.1) is 20.8 Å². The predicted molar refractivity (Wildman–Crippen MR) is 139 cm³/mol. The lowest BCUT2D eigenvalue weighted by atomic mass is 9.98. The molecule has 0 aliphatic heterocycles. The summed E-state index contributed by atoms with van der Waals surface area (Å²) in [5.41, 5.74) is 5.50. The third kappa shape index (κ3) is 4.01. The van der Waals surface area contributed by atoms with E-state index in [0.29, 0.717) is 33.7 Å². The van der Waals surface area contributed by atoms with Crippen molar-refractivity contribution in [3.05, 3.63) is 84.8 Å². The second-order valence-corrected chi connectivity index (χ2v) is 9.27. The molecule has 0 amide bonds. The summed E-state index contributed by atoms with van der Waals surface area (Å²) in [5.74, 6) is 0.00329. The first kappa shape index (κ1) is 23.6. The molecule has 1 aromatic carbocycles. The van der Waals surface area contributed by atoms with E-state index in [4.69, 9.17) is 16.0 Å². The highest BCUT2D eigenvalue weighted by Gasteiger charge is 2.22. The van der Waals surface area contributed by atoms with Crippen molar-refractivity contribution in [2.45, 2.75) is 33.7 Å². The average molecular weight is 506 g/mol. The molecule has 4 aromatic heterocycles. The summed E-state index contributed by atoms with van der Waals surface area (Å²) in [6.07, 6.45) is 1.94. The summed E-state index contributed by atoms with van der Waals surface area (Å²) in [5, 5.41) is 7.89. The zero-order valence-corrected chi connectivity index (χ0v) is 21.1. The Hall–Kier alpha value is -4.11. The highest BCUT2D eigenvalue weighted by molar-refractivity contribution is 6.29. The number of halogens is 1. The first-order valence-corrected chi connectivity index (χ1v) is 11.7. The Morgan fingerprint density at radius 2 is 1.92 bits per heavy atom. The Morgan fingerprint density at radius 3 is 2.58 bits per heavy atom. The average Bonchev–Trinajstić information content (AvgIpc) is 3.42. The summed E-state index contributed by atoms with van der Waals surface area (Å²) in [6.45, 7) is 7.67.